The predicted molar refractivity (Wildman–Crippen MR) is 38.8 cm³/mol. The van der Waals surface area contributed by atoms with Crippen LogP contribution < -0.4 is 0 Å². The maximum Gasteiger partial charge on any atom is 0.300 e. The van der Waals surface area contributed by atoms with Crippen molar-refractivity contribution in [3.63, 3.8) is 0 Å². The third-order valence-electron chi connectivity index (χ3n) is 0.292. The second-order valence-electron chi connectivity index (χ2n) is 1.29. The fraction of sp³-hybridized carbons (Fsp3) is 0.800. The number of aliphatic hydroxyl groups is 1. The van der Waals surface area contributed by atoms with Crippen LogP contribution in [0.4, 0.5) is 0 Å². The van der Waals surface area contributed by atoms with E-state index in [0.717, 1.165) is 18.7 Å². The molecule has 9 heavy (non-hydrogen) atoms. The molecular formula is C5H11BrO3. The molecule has 4 heteroatoms. The van der Waals surface area contributed by atoms with Crippen molar-refractivity contribution in [3.05, 3.63) is 0 Å². The van der Waals surface area contributed by atoms with Crippen molar-refractivity contribution < 1.29 is 15.0 Å². The van der Waals surface area contributed by atoms with Crippen LogP contribution in [-0.4, -0.2) is 28.1 Å². The summed E-state index contributed by atoms with van der Waals surface area (Å²) in [4.78, 5) is 9.00. The van der Waals surface area contributed by atoms with E-state index >= 15 is 0 Å². The van der Waals surface area contributed by atoms with E-state index in [0.29, 0.717) is 6.61 Å². The van der Waals surface area contributed by atoms with Crippen LogP contribution in [0.15, 0.2) is 0 Å². The second-order valence-corrected chi connectivity index (χ2v) is 2.08. The van der Waals surface area contributed by atoms with E-state index in [2.05, 4.69) is 15.9 Å². The standard InChI is InChI=1S/C3H7BrO.C2H4O2/c4-2-1-3-5;1-2(3)4/h5H,1-3H2;1H3,(H,3,4). The Morgan fingerprint density at radius 3 is 2.00 bits per heavy atom. The molecular weight excluding hydrogens is 188 g/mol. The van der Waals surface area contributed by atoms with E-state index < -0.39 is 5.97 Å². The summed E-state index contributed by atoms with van der Waals surface area (Å²) in [5.41, 5.74) is 0. The summed E-state index contributed by atoms with van der Waals surface area (Å²) in [5.74, 6) is -0.833. The summed E-state index contributed by atoms with van der Waals surface area (Å²) >= 11 is 3.15. The average molecular weight is 199 g/mol. The van der Waals surface area contributed by atoms with Crippen molar-refractivity contribution in [1.29, 1.82) is 0 Å². The number of alkyl halides is 1. The first-order chi connectivity index (χ1) is 4.15. The SMILES string of the molecule is CC(=O)O.OCCCBr. The molecule has 0 amide bonds. The number of carboxylic acids is 1. The third-order valence-corrected chi connectivity index (χ3v) is 0.852. The smallest absolute Gasteiger partial charge is 0.300 e. The van der Waals surface area contributed by atoms with E-state index in [1.807, 2.05) is 0 Å². The van der Waals surface area contributed by atoms with Crippen molar-refractivity contribution in [2.45, 2.75) is 13.3 Å². The fourth-order valence-corrected chi connectivity index (χ4v) is 0.311. The summed E-state index contributed by atoms with van der Waals surface area (Å²) in [7, 11) is 0. The normalized spacial score (nSPS) is 7.44. The highest BCUT2D eigenvalue weighted by molar-refractivity contribution is 9.09. The summed E-state index contributed by atoms with van der Waals surface area (Å²) < 4.78 is 0. The van der Waals surface area contributed by atoms with Crippen molar-refractivity contribution in [2.24, 2.45) is 0 Å². The van der Waals surface area contributed by atoms with Gasteiger partial charge in [-0.2, -0.15) is 0 Å². The number of rotatable bonds is 2. The first-order valence-electron chi connectivity index (χ1n) is 2.51. The molecule has 0 spiro atoms. The molecule has 0 unspecified atom stereocenters. The zero-order valence-corrected chi connectivity index (χ0v) is 6.89. The van der Waals surface area contributed by atoms with Gasteiger partial charge in [-0.05, 0) is 6.42 Å². The molecule has 0 aliphatic carbocycles. The number of aliphatic carboxylic acids is 1. The minimum atomic E-state index is -0.833. The first kappa shape index (κ1) is 11.7. The van der Waals surface area contributed by atoms with Crippen LogP contribution in [0.2, 0.25) is 0 Å². The van der Waals surface area contributed by atoms with Gasteiger partial charge < -0.3 is 10.2 Å². The van der Waals surface area contributed by atoms with Crippen molar-refractivity contribution in [2.75, 3.05) is 11.9 Å². The van der Waals surface area contributed by atoms with E-state index in [4.69, 9.17) is 15.0 Å². The van der Waals surface area contributed by atoms with Gasteiger partial charge in [0.05, 0.1) is 0 Å². The molecule has 0 aliphatic heterocycles. The lowest BCUT2D eigenvalue weighted by molar-refractivity contribution is -0.134. The molecule has 0 aromatic rings. The van der Waals surface area contributed by atoms with Gasteiger partial charge in [-0.15, -0.1) is 0 Å². The van der Waals surface area contributed by atoms with Crippen LogP contribution in [0.5, 0.6) is 0 Å². The molecule has 0 aliphatic rings. The number of carbonyl (C=O) groups is 1. The molecule has 56 valence electrons. The molecule has 0 bridgehead atoms. The highest BCUT2D eigenvalue weighted by atomic mass is 79.9. The highest BCUT2D eigenvalue weighted by Crippen LogP contribution is 1.81. The number of hydrogen-bond donors (Lipinski definition) is 2. The van der Waals surface area contributed by atoms with Gasteiger partial charge in [0.15, 0.2) is 0 Å². The lowest BCUT2D eigenvalue weighted by atomic mass is 10.5. The Morgan fingerprint density at radius 2 is 2.00 bits per heavy atom. The summed E-state index contributed by atoms with van der Waals surface area (Å²) in [6, 6.07) is 0. The van der Waals surface area contributed by atoms with Crippen molar-refractivity contribution >= 4 is 21.9 Å². The van der Waals surface area contributed by atoms with E-state index in [-0.39, 0.29) is 0 Å². The molecule has 0 radical (unpaired) electrons. The van der Waals surface area contributed by atoms with E-state index in [1.54, 1.807) is 0 Å². The van der Waals surface area contributed by atoms with Crippen LogP contribution in [0, 0.1) is 0 Å². The van der Waals surface area contributed by atoms with Crippen LogP contribution >= 0.6 is 15.9 Å². The summed E-state index contributed by atoms with van der Waals surface area (Å²) in [6.45, 7) is 1.38. The van der Waals surface area contributed by atoms with Gasteiger partial charge in [0, 0.05) is 18.9 Å². The highest BCUT2D eigenvalue weighted by Gasteiger charge is 1.70. The maximum absolute atomic E-state index is 9.00. The lowest BCUT2D eigenvalue weighted by Crippen LogP contribution is -1.78. The predicted octanol–water partition coefficient (Wildman–Crippen LogP) is 0.855. The maximum atomic E-state index is 9.00. The van der Waals surface area contributed by atoms with Gasteiger partial charge in [0.25, 0.3) is 5.97 Å². The topological polar surface area (TPSA) is 57.5 Å². The Kier molecular flexibility index (Phi) is 14.0. The monoisotopic (exact) mass is 198 g/mol. The zero-order chi connectivity index (χ0) is 7.70. The van der Waals surface area contributed by atoms with Crippen LogP contribution in [0.1, 0.15) is 13.3 Å². The minimum Gasteiger partial charge on any atom is -0.481 e. The van der Waals surface area contributed by atoms with Gasteiger partial charge in [-0.3, -0.25) is 4.79 Å². The number of carboxylic acid groups (broad SMARTS) is 1. The number of aliphatic hydroxyl groups excluding tert-OH is 1. The summed E-state index contributed by atoms with van der Waals surface area (Å²) in [6.07, 6.45) is 0.861. The van der Waals surface area contributed by atoms with Gasteiger partial charge in [-0.25, -0.2) is 0 Å². The molecule has 0 aromatic carbocycles. The Morgan fingerprint density at radius 1 is 1.67 bits per heavy atom. The molecule has 0 rings (SSSR count). The van der Waals surface area contributed by atoms with E-state index in [9.17, 15) is 0 Å². The first-order valence-corrected chi connectivity index (χ1v) is 3.63. The van der Waals surface area contributed by atoms with Gasteiger partial charge in [0.2, 0.25) is 0 Å². The molecule has 0 atom stereocenters. The lowest BCUT2D eigenvalue weighted by Gasteiger charge is -1.78. The minimum absolute atomic E-state index is 0.297. The van der Waals surface area contributed by atoms with Crippen LogP contribution in [0.3, 0.4) is 0 Å². The molecule has 0 heterocycles. The largest absolute Gasteiger partial charge is 0.481 e. The molecule has 0 aromatic heterocycles. The van der Waals surface area contributed by atoms with E-state index in [1.165, 1.54) is 0 Å². The second kappa shape index (κ2) is 10.8. The third kappa shape index (κ3) is 75.7. The zero-order valence-electron chi connectivity index (χ0n) is 5.30. The number of hydrogen-bond acceptors (Lipinski definition) is 2. The Labute approximate surface area is 62.8 Å². The fourth-order valence-electron chi connectivity index (χ4n) is 0.0598. The van der Waals surface area contributed by atoms with Crippen LogP contribution in [0.25, 0.3) is 0 Å². The molecule has 0 fully saturated rings. The van der Waals surface area contributed by atoms with Crippen molar-refractivity contribution in [3.8, 4) is 0 Å². The summed E-state index contributed by atoms with van der Waals surface area (Å²) in [5, 5.41) is 16.4. The molecule has 0 saturated carbocycles. The van der Waals surface area contributed by atoms with Gasteiger partial charge in [-0.1, -0.05) is 15.9 Å². The molecule has 0 saturated heterocycles. The van der Waals surface area contributed by atoms with Gasteiger partial charge in [0.1, 0.15) is 0 Å². The molecule has 3 nitrogen and oxygen atoms in total. The van der Waals surface area contributed by atoms with Crippen LogP contribution in [-0.2, 0) is 4.79 Å². The van der Waals surface area contributed by atoms with Gasteiger partial charge >= 0.3 is 0 Å². The molecule has 2 N–H and O–H groups in total. The Balaban J connectivity index is 0. The van der Waals surface area contributed by atoms with Crippen molar-refractivity contribution in [1.82, 2.24) is 0 Å². The number of halogens is 1. The average Bonchev–Trinajstić information content (AvgIpc) is 1.66. The quantitative estimate of drug-likeness (QED) is 0.648. The Bertz CT molecular complexity index is 59.2. The Hall–Kier alpha value is -0.0900.